The summed E-state index contributed by atoms with van der Waals surface area (Å²) < 4.78 is 0. The van der Waals surface area contributed by atoms with Crippen molar-refractivity contribution in [1.82, 2.24) is 4.98 Å². The molecule has 0 aliphatic carbocycles. The second-order valence-electron chi connectivity index (χ2n) is 4.35. The van der Waals surface area contributed by atoms with Crippen LogP contribution in [0.5, 0.6) is 0 Å². The van der Waals surface area contributed by atoms with Gasteiger partial charge < -0.3 is 4.98 Å². The van der Waals surface area contributed by atoms with Gasteiger partial charge in [0.1, 0.15) is 0 Å². The summed E-state index contributed by atoms with van der Waals surface area (Å²) in [4.78, 5) is 3.15. The standard InChI is InChI=1S/C12H16ClN/c1-6-10-11(8(2)13)9(7-14-10)12(3,4)5/h6-7,14H,1-2H2,3-5H3. The van der Waals surface area contributed by atoms with E-state index in [1.165, 1.54) is 5.56 Å². The first-order valence-corrected chi connectivity index (χ1v) is 4.94. The molecule has 76 valence electrons. The Hall–Kier alpha value is -0.950. The van der Waals surface area contributed by atoms with Gasteiger partial charge in [-0.2, -0.15) is 0 Å². The molecular formula is C12H16ClN. The fourth-order valence-corrected chi connectivity index (χ4v) is 1.69. The Morgan fingerprint density at radius 2 is 2.07 bits per heavy atom. The Kier molecular flexibility index (Phi) is 2.91. The van der Waals surface area contributed by atoms with Gasteiger partial charge in [0.2, 0.25) is 0 Å². The van der Waals surface area contributed by atoms with E-state index < -0.39 is 0 Å². The lowest BCUT2D eigenvalue weighted by molar-refractivity contribution is 0.590. The predicted octanol–water partition coefficient (Wildman–Crippen LogP) is 4.16. The second-order valence-corrected chi connectivity index (χ2v) is 4.81. The Morgan fingerprint density at radius 1 is 1.50 bits per heavy atom. The van der Waals surface area contributed by atoms with Crippen LogP contribution in [0.25, 0.3) is 11.1 Å². The van der Waals surface area contributed by atoms with Gasteiger partial charge in [-0.15, -0.1) is 0 Å². The summed E-state index contributed by atoms with van der Waals surface area (Å²) >= 11 is 5.98. The summed E-state index contributed by atoms with van der Waals surface area (Å²) in [5.74, 6) is 0. The first-order valence-electron chi connectivity index (χ1n) is 4.57. The van der Waals surface area contributed by atoms with Crippen molar-refractivity contribution in [2.75, 3.05) is 0 Å². The van der Waals surface area contributed by atoms with Crippen molar-refractivity contribution in [2.24, 2.45) is 0 Å². The van der Waals surface area contributed by atoms with Gasteiger partial charge in [0.05, 0.1) is 0 Å². The number of H-pyrrole nitrogens is 1. The van der Waals surface area contributed by atoms with Gasteiger partial charge in [-0.1, -0.05) is 45.5 Å². The van der Waals surface area contributed by atoms with Gasteiger partial charge in [0, 0.05) is 22.5 Å². The van der Waals surface area contributed by atoms with Crippen LogP contribution >= 0.6 is 11.6 Å². The van der Waals surface area contributed by atoms with E-state index in [-0.39, 0.29) is 5.41 Å². The number of aromatic amines is 1. The Balaban J connectivity index is 3.39. The van der Waals surface area contributed by atoms with E-state index in [0.717, 1.165) is 11.3 Å². The van der Waals surface area contributed by atoms with Crippen LogP contribution in [0.3, 0.4) is 0 Å². The summed E-state index contributed by atoms with van der Waals surface area (Å²) in [7, 11) is 0. The van der Waals surface area contributed by atoms with Gasteiger partial charge in [-0.25, -0.2) is 0 Å². The zero-order chi connectivity index (χ0) is 10.9. The monoisotopic (exact) mass is 209 g/mol. The van der Waals surface area contributed by atoms with E-state index in [2.05, 4.69) is 38.9 Å². The van der Waals surface area contributed by atoms with E-state index >= 15 is 0 Å². The van der Waals surface area contributed by atoms with Gasteiger partial charge in [-0.05, 0) is 17.1 Å². The summed E-state index contributed by atoms with van der Waals surface area (Å²) in [5, 5.41) is 0.561. The minimum Gasteiger partial charge on any atom is -0.361 e. The maximum absolute atomic E-state index is 5.98. The van der Waals surface area contributed by atoms with E-state index in [9.17, 15) is 0 Å². The highest BCUT2D eigenvalue weighted by atomic mass is 35.5. The molecule has 14 heavy (non-hydrogen) atoms. The highest BCUT2D eigenvalue weighted by Gasteiger charge is 2.21. The molecule has 1 N–H and O–H groups in total. The molecular weight excluding hydrogens is 194 g/mol. The molecule has 0 aromatic carbocycles. The molecule has 1 heterocycles. The number of hydrogen-bond donors (Lipinski definition) is 1. The average molecular weight is 210 g/mol. The zero-order valence-corrected chi connectivity index (χ0v) is 9.70. The smallest absolute Gasteiger partial charge is 0.0465 e. The fraction of sp³-hybridized carbons (Fsp3) is 0.333. The first kappa shape index (κ1) is 11.1. The molecule has 0 radical (unpaired) electrons. The van der Waals surface area contributed by atoms with Gasteiger partial charge >= 0.3 is 0 Å². The van der Waals surface area contributed by atoms with Crippen molar-refractivity contribution in [1.29, 1.82) is 0 Å². The molecule has 0 unspecified atom stereocenters. The fourth-order valence-electron chi connectivity index (χ4n) is 1.48. The molecule has 0 saturated carbocycles. The first-order chi connectivity index (χ1) is 6.38. The van der Waals surface area contributed by atoms with Crippen molar-refractivity contribution in [3.8, 4) is 0 Å². The van der Waals surface area contributed by atoms with Crippen molar-refractivity contribution in [3.63, 3.8) is 0 Å². The van der Waals surface area contributed by atoms with Gasteiger partial charge in [0.15, 0.2) is 0 Å². The largest absolute Gasteiger partial charge is 0.361 e. The van der Waals surface area contributed by atoms with Crippen LogP contribution in [0.2, 0.25) is 0 Å². The van der Waals surface area contributed by atoms with E-state index in [1.807, 2.05) is 6.20 Å². The SMILES string of the molecule is C=Cc1[nH]cc(C(C)(C)C)c1C(=C)Cl. The third-order valence-electron chi connectivity index (χ3n) is 2.19. The lowest BCUT2D eigenvalue weighted by atomic mass is 9.85. The molecule has 1 aromatic heterocycles. The van der Waals surface area contributed by atoms with Crippen LogP contribution in [0, 0.1) is 0 Å². The van der Waals surface area contributed by atoms with Crippen LogP contribution < -0.4 is 0 Å². The molecule has 0 aliphatic heterocycles. The van der Waals surface area contributed by atoms with Crippen LogP contribution in [-0.2, 0) is 5.41 Å². The average Bonchev–Trinajstić information content (AvgIpc) is 2.45. The molecule has 0 fully saturated rings. The van der Waals surface area contributed by atoms with Crippen LogP contribution in [-0.4, -0.2) is 4.98 Å². The Morgan fingerprint density at radius 3 is 2.43 bits per heavy atom. The highest BCUT2D eigenvalue weighted by Crippen LogP contribution is 2.33. The predicted molar refractivity (Wildman–Crippen MR) is 64.5 cm³/mol. The molecule has 0 amide bonds. The van der Waals surface area contributed by atoms with E-state index in [4.69, 9.17) is 11.6 Å². The number of nitrogens with one attached hydrogen (secondary N) is 1. The zero-order valence-electron chi connectivity index (χ0n) is 8.95. The minimum absolute atomic E-state index is 0.0604. The number of rotatable bonds is 2. The van der Waals surface area contributed by atoms with E-state index in [0.29, 0.717) is 5.03 Å². The van der Waals surface area contributed by atoms with Crippen molar-refractivity contribution in [2.45, 2.75) is 26.2 Å². The normalized spacial score (nSPS) is 11.4. The van der Waals surface area contributed by atoms with Gasteiger partial charge in [-0.3, -0.25) is 0 Å². The van der Waals surface area contributed by atoms with Crippen molar-refractivity contribution in [3.05, 3.63) is 36.2 Å². The molecule has 2 heteroatoms. The molecule has 0 saturated heterocycles. The molecule has 0 spiro atoms. The summed E-state index contributed by atoms with van der Waals surface area (Å²) in [5.41, 5.74) is 3.15. The molecule has 1 aromatic rings. The molecule has 0 bridgehead atoms. The van der Waals surface area contributed by atoms with Gasteiger partial charge in [0.25, 0.3) is 0 Å². The number of aromatic nitrogens is 1. The quantitative estimate of drug-likeness (QED) is 0.753. The molecule has 0 atom stereocenters. The lowest BCUT2D eigenvalue weighted by Crippen LogP contribution is -2.11. The van der Waals surface area contributed by atoms with Crippen LogP contribution in [0.15, 0.2) is 19.4 Å². The number of halogens is 1. The topological polar surface area (TPSA) is 15.8 Å². The maximum Gasteiger partial charge on any atom is 0.0465 e. The minimum atomic E-state index is 0.0604. The molecule has 0 aliphatic rings. The summed E-state index contributed by atoms with van der Waals surface area (Å²) in [6, 6.07) is 0. The Bertz CT molecular complexity index is 366. The Labute approximate surface area is 90.5 Å². The van der Waals surface area contributed by atoms with Crippen molar-refractivity contribution < 1.29 is 0 Å². The third kappa shape index (κ3) is 1.93. The highest BCUT2D eigenvalue weighted by molar-refractivity contribution is 6.48. The second kappa shape index (κ2) is 3.66. The summed E-state index contributed by atoms with van der Waals surface area (Å²) in [6.45, 7) is 14.0. The maximum atomic E-state index is 5.98. The lowest BCUT2D eigenvalue weighted by Gasteiger charge is -2.19. The number of hydrogen-bond acceptors (Lipinski definition) is 0. The van der Waals surface area contributed by atoms with Crippen LogP contribution in [0.1, 0.15) is 37.6 Å². The third-order valence-corrected chi connectivity index (χ3v) is 2.38. The molecule has 1 rings (SSSR count). The van der Waals surface area contributed by atoms with Crippen LogP contribution in [0.4, 0.5) is 0 Å². The molecule has 1 nitrogen and oxygen atoms in total. The van der Waals surface area contributed by atoms with Crippen molar-refractivity contribution >= 4 is 22.7 Å². The van der Waals surface area contributed by atoms with E-state index in [1.54, 1.807) is 6.08 Å². The summed E-state index contributed by atoms with van der Waals surface area (Å²) in [6.07, 6.45) is 3.73.